The monoisotopic (exact) mass is 321 g/mol. The Morgan fingerprint density at radius 1 is 1.17 bits per heavy atom. The van der Waals surface area contributed by atoms with E-state index in [1.54, 1.807) is 20.2 Å². The van der Waals surface area contributed by atoms with Crippen LogP contribution in [-0.4, -0.2) is 14.5 Å². The highest BCUT2D eigenvalue weighted by Gasteiger charge is 2.29. The van der Waals surface area contributed by atoms with Crippen molar-refractivity contribution in [3.63, 3.8) is 0 Å². The molecule has 1 N–H and O–H groups in total. The van der Waals surface area contributed by atoms with E-state index in [9.17, 15) is 9.59 Å². The van der Waals surface area contributed by atoms with Crippen LogP contribution in [0, 0.1) is 6.92 Å². The van der Waals surface area contributed by atoms with Crippen LogP contribution in [0.3, 0.4) is 0 Å². The van der Waals surface area contributed by atoms with Crippen LogP contribution < -0.4 is 11.2 Å². The molecule has 4 rings (SSSR count). The first-order chi connectivity index (χ1) is 11.5. The fourth-order valence-corrected chi connectivity index (χ4v) is 3.13. The summed E-state index contributed by atoms with van der Waals surface area (Å²) < 4.78 is 7.05. The topological polar surface area (TPSA) is 80.9 Å². The van der Waals surface area contributed by atoms with Crippen molar-refractivity contribution in [1.29, 1.82) is 0 Å². The lowest BCUT2D eigenvalue weighted by atomic mass is 9.87. The van der Waals surface area contributed by atoms with Gasteiger partial charge in [0.05, 0.1) is 11.6 Å². The van der Waals surface area contributed by atoms with Crippen molar-refractivity contribution >= 4 is 12.2 Å². The minimum Gasteiger partial charge on any atom is -0.441 e. The second kappa shape index (κ2) is 5.19. The number of H-pyrrole nitrogens is 1. The third-order valence-electron chi connectivity index (χ3n) is 4.23. The molecule has 0 aliphatic heterocycles. The van der Waals surface area contributed by atoms with Gasteiger partial charge in [0.2, 0.25) is 0 Å². The van der Waals surface area contributed by atoms with Crippen molar-refractivity contribution in [1.82, 2.24) is 14.5 Å². The highest BCUT2D eigenvalue weighted by atomic mass is 16.4. The molecule has 24 heavy (non-hydrogen) atoms. The maximum atomic E-state index is 12.5. The van der Waals surface area contributed by atoms with Gasteiger partial charge in [0.25, 0.3) is 5.56 Å². The Hall–Kier alpha value is -3.15. The second-order valence-corrected chi connectivity index (χ2v) is 5.83. The smallest absolute Gasteiger partial charge is 0.328 e. The molecule has 0 spiro atoms. The third kappa shape index (κ3) is 2.15. The Labute approximate surface area is 137 Å². The van der Waals surface area contributed by atoms with Gasteiger partial charge in [0, 0.05) is 25.7 Å². The van der Waals surface area contributed by atoms with Gasteiger partial charge in [0.15, 0.2) is 11.7 Å². The van der Waals surface area contributed by atoms with Gasteiger partial charge in [0.1, 0.15) is 0 Å². The number of aromatic nitrogens is 3. The first-order valence-corrected chi connectivity index (χ1v) is 7.59. The van der Waals surface area contributed by atoms with Crippen LogP contribution in [0.4, 0.5) is 0 Å². The molecule has 1 aliphatic rings. The van der Waals surface area contributed by atoms with Crippen LogP contribution >= 0.6 is 0 Å². The first-order valence-electron chi connectivity index (χ1n) is 7.59. The fourth-order valence-electron chi connectivity index (χ4n) is 3.13. The Morgan fingerprint density at radius 3 is 2.79 bits per heavy atom. The van der Waals surface area contributed by atoms with Gasteiger partial charge in [-0.1, -0.05) is 30.3 Å². The molecule has 1 unspecified atom stereocenters. The van der Waals surface area contributed by atoms with E-state index in [0.29, 0.717) is 22.9 Å². The molecular formula is C18H15N3O3. The largest absolute Gasteiger partial charge is 0.441 e. The summed E-state index contributed by atoms with van der Waals surface area (Å²) in [5.41, 5.74) is 2.22. The molecule has 1 atom stereocenters. The molecule has 2 aromatic heterocycles. The van der Waals surface area contributed by atoms with E-state index in [-0.39, 0.29) is 0 Å². The lowest BCUT2D eigenvalue weighted by molar-refractivity contribution is 0.512. The minimum atomic E-state index is -0.444. The summed E-state index contributed by atoms with van der Waals surface area (Å²) in [4.78, 5) is 31.1. The normalized spacial score (nSPS) is 15.7. The van der Waals surface area contributed by atoms with Crippen molar-refractivity contribution in [2.75, 3.05) is 0 Å². The van der Waals surface area contributed by atoms with Gasteiger partial charge in [-0.2, -0.15) is 0 Å². The number of hydrogen-bond acceptors (Lipinski definition) is 4. The Kier molecular flexibility index (Phi) is 3.13. The number of fused-ring (bicyclic) bond motifs is 2. The number of benzene rings is 1. The molecule has 2 heterocycles. The average Bonchev–Trinajstić information content (AvgIpc) is 2.85. The van der Waals surface area contributed by atoms with Crippen LogP contribution in [0.25, 0.3) is 12.2 Å². The standard InChI is InChI=1S/C18H15N3O3/c1-10-19-16-14(24-10)8-7-11-5-3-4-6-12(11)15(16)13-9-21(2)18(23)20-17(13)22/h3-9,15H,1-2H3,(H,20,22,23). The number of hydrogen-bond donors (Lipinski definition) is 1. The Morgan fingerprint density at radius 2 is 1.96 bits per heavy atom. The molecule has 0 fully saturated rings. The molecule has 3 aromatic rings. The zero-order valence-electron chi connectivity index (χ0n) is 13.2. The molecular weight excluding hydrogens is 306 g/mol. The minimum absolute atomic E-state index is 0.404. The van der Waals surface area contributed by atoms with Crippen molar-refractivity contribution in [3.05, 3.63) is 85.3 Å². The van der Waals surface area contributed by atoms with E-state index >= 15 is 0 Å². The zero-order valence-corrected chi connectivity index (χ0v) is 13.2. The molecule has 6 nitrogen and oxygen atoms in total. The molecule has 0 radical (unpaired) electrons. The zero-order chi connectivity index (χ0) is 16.8. The van der Waals surface area contributed by atoms with Gasteiger partial charge in [-0.3, -0.25) is 9.78 Å². The number of oxazole rings is 1. The lowest BCUT2D eigenvalue weighted by Crippen LogP contribution is -2.31. The molecule has 0 saturated heterocycles. The highest BCUT2D eigenvalue weighted by molar-refractivity contribution is 5.74. The highest BCUT2D eigenvalue weighted by Crippen LogP contribution is 2.37. The third-order valence-corrected chi connectivity index (χ3v) is 4.23. The van der Waals surface area contributed by atoms with Gasteiger partial charge >= 0.3 is 5.69 Å². The van der Waals surface area contributed by atoms with Crippen LogP contribution in [0.2, 0.25) is 0 Å². The van der Waals surface area contributed by atoms with Crippen LogP contribution in [0.1, 0.15) is 40.0 Å². The molecule has 0 amide bonds. The predicted molar refractivity (Wildman–Crippen MR) is 89.9 cm³/mol. The van der Waals surface area contributed by atoms with E-state index < -0.39 is 17.2 Å². The number of nitrogens with zero attached hydrogens (tertiary/aromatic N) is 2. The maximum absolute atomic E-state index is 12.5. The predicted octanol–water partition coefficient (Wildman–Crippen LogP) is 2.03. The summed E-state index contributed by atoms with van der Waals surface area (Å²) in [6, 6.07) is 7.81. The first kappa shape index (κ1) is 14.4. The average molecular weight is 321 g/mol. The van der Waals surface area contributed by atoms with Gasteiger partial charge in [-0.25, -0.2) is 9.78 Å². The van der Waals surface area contributed by atoms with E-state index in [0.717, 1.165) is 11.1 Å². The number of aromatic amines is 1. The molecule has 6 heteroatoms. The lowest BCUT2D eigenvalue weighted by Gasteiger charge is -2.17. The van der Waals surface area contributed by atoms with Crippen molar-refractivity contribution in [3.8, 4) is 0 Å². The van der Waals surface area contributed by atoms with Crippen molar-refractivity contribution in [2.45, 2.75) is 12.8 Å². The molecule has 0 saturated carbocycles. The summed E-state index contributed by atoms with van der Waals surface area (Å²) in [7, 11) is 1.61. The summed E-state index contributed by atoms with van der Waals surface area (Å²) in [5, 5.41) is 0. The van der Waals surface area contributed by atoms with E-state index in [1.165, 1.54) is 4.57 Å². The van der Waals surface area contributed by atoms with Gasteiger partial charge in [-0.15, -0.1) is 0 Å². The van der Waals surface area contributed by atoms with Crippen LogP contribution in [0.5, 0.6) is 0 Å². The molecule has 0 bridgehead atoms. The van der Waals surface area contributed by atoms with E-state index in [2.05, 4.69) is 9.97 Å². The van der Waals surface area contributed by atoms with E-state index in [1.807, 2.05) is 36.4 Å². The van der Waals surface area contributed by atoms with Gasteiger partial charge < -0.3 is 8.98 Å². The number of nitrogens with one attached hydrogen (secondary N) is 1. The fraction of sp³-hybridized carbons (Fsp3) is 0.167. The van der Waals surface area contributed by atoms with Gasteiger partial charge in [-0.05, 0) is 17.2 Å². The summed E-state index contributed by atoms with van der Waals surface area (Å²) in [6.45, 7) is 1.77. The molecule has 1 aliphatic carbocycles. The number of aryl methyl sites for hydroxylation is 2. The Bertz CT molecular complexity index is 1090. The SMILES string of the molecule is Cc1nc2c(o1)C=Cc1ccccc1C2c1cn(C)c(=O)[nH]c1=O. The summed E-state index contributed by atoms with van der Waals surface area (Å²) in [6.07, 6.45) is 5.39. The van der Waals surface area contributed by atoms with Crippen LogP contribution in [0.15, 0.2) is 44.5 Å². The van der Waals surface area contributed by atoms with Crippen molar-refractivity contribution < 1.29 is 4.42 Å². The second-order valence-electron chi connectivity index (χ2n) is 5.83. The number of rotatable bonds is 1. The van der Waals surface area contributed by atoms with Crippen LogP contribution in [-0.2, 0) is 7.05 Å². The maximum Gasteiger partial charge on any atom is 0.328 e. The molecule has 1 aromatic carbocycles. The van der Waals surface area contributed by atoms with E-state index in [4.69, 9.17) is 4.42 Å². The quantitative estimate of drug-likeness (QED) is 0.582. The summed E-state index contributed by atoms with van der Waals surface area (Å²) >= 11 is 0. The van der Waals surface area contributed by atoms with Crippen molar-refractivity contribution in [2.24, 2.45) is 7.05 Å². The molecule has 120 valence electrons. The summed E-state index contributed by atoms with van der Waals surface area (Å²) in [5.74, 6) is 0.761. The Balaban J connectivity index is 2.07.